The van der Waals surface area contributed by atoms with Crippen molar-refractivity contribution in [2.45, 2.75) is 12.8 Å². The van der Waals surface area contributed by atoms with E-state index in [1.54, 1.807) is 7.11 Å². The van der Waals surface area contributed by atoms with Crippen molar-refractivity contribution in [3.63, 3.8) is 0 Å². The molecular weight excluding hydrogens is 276 g/mol. The molecule has 0 aliphatic carbocycles. The van der Waals surface area contributed by atoms with E-state index in [0.29, 0.717) is 10.7 Å². The van der Waals surface area contributed by atoms with Gasteiger partial charge in [-0.3, -0.25) is 4.79 Å². The van der Waals surface area contributed by atoms with Gasteiger partial charge in [0.25, 0.3) is 5.15 Å². The molecule has 2 heterocycles. The summed E-state index contributed by atoms with van der Waals surface area (Å²) in [5.41, 5.74) is 2.34. The minimum atomic E-state index is 0.388. The zero-order valence-corrected chi connectivity index (χ0v) is 12.0. The molecule has 1 aliphatic heterocycles. The molecule has 0 amide bonds. The number of halogens is 1. The summed E-state index contributed by atoms with van der Waals surface area (Å²) >= 11 is 6.22. The fourth-order valence-corrected chi connectivity index (χ4v) is 3.01. The molecule has 1 aromatic heterocycles. The van der Waals surface area contributed by atoms with Gasteiger partial charge >= 0.3 is 0 Å². The van der Waals surface area contributed by atoms with E-state index < -0.39 is 0 Å². The second-order valence-electron chi connectivity index (χ2n) is 4.92. The molecule has 1 fully saturated rings. The summed E-state index contributed by atoms with van der Waals surface area (Å²) in [6.45, 7) is 1.90. The van der Waals surface area contributed by atoms with E-state index in [-0.39, 0.29) is 0 Å². The van der Waals surface area contributed by atoms with Crippen LogP contribution in [0.25, 0.3) is 10.9 Å². The van der Waals surface area contributed by atoms with Gasteiger partial charge in [0.05, 0.1) is 18.2 Å². The van der Waals surface area contributed by atoms with Crippen molar-refractivity contribution in [3.05, 3.63) is 28.9 Å². The molecule has 104 valence electrons. The van der Waals surface area contributed by atoms with Crippen molar-refractivity contribution in [2.24, 2.45) is 0 Å². The monoisotopic (exact) mass is 291 g/mol. The van der Waals surface area contributed by atoms with Crippen molar-refractivity contribution < 1.29 is 14.5 Å². The summed E-state index contributed by atoms with van der Waals surface area (Å²) in [7, 11) is 1.64. The number of ether oxygens (including phenoxy) is 1. The Morgan fingerprint density at radius 2 is 2.10 bits per heavy atom. The third kappa shape index (κ3) is 2.10. The second-order valence-corrected chi connectivity index (χ2v) is 5.30. The summed E-state index contributed by atoms with van der Waals surface area (Å²) in [5, 5.41) is 1.36. The average Bonchev–Trinajstić information content (AvgIpc) is 2.99. The maximum atomic E-state index is 11.4. The van der Waals surface area contributed by atoms with E-state index in [1.165, 1.54) is 0 Å². The van der Waals surface area contributed by atoms with Crippen LogP contribution in [0.15, 0.2) is 18.2 Å². The fraction of sp³-hybridized carbons (Fsp3) is 0.333. The van der Waals surface area contributed by atoms with Gasteiger partial charge in [0.15, 0.2) is 6.29 Å². The van der Waals surface area contributed by atoms with Crippen molar-refractivity contribution in [1.82, 2.24) is 0 Å². The molecule has 0 atom stereocenters. The number of aromatic amines is 1. The number of anilines is 1. The summed E-state index contributed by atoms with van der Waals surface area (Å²) < 4.78 is 5.29. The van der Waals surface area contributed by atoms with Gasteiger partial charge in [0, 0.05) is 19.2 Å². The Bertz CT molecular complexity index is 666. The van der Waals surface area contributed by atoms with Crippen molar-refractivity contribution in [3.8, 4) is 5.75 Å². The number of benzene rings is 1. The third-order valence-electron chi connectivity index (χ3n) is 3.76. The summed E-state index contributed by atoms with van der Waals surface area (Å²) in [6.07, 6.45) is 3.10. The highest BCUT2D eigenvalue weighted by molar-refractivity contribution is 6.32. The third-order valence-corrected chi connectivity index (χ3v) is 4.06. The van der Waals surface area contributed by atoms with Crippen LogP contribution < -0.4 is 14.6 Å². The number of methoxy groups -OCH3 is 1. The number of nitrogens with zero attached hydrogens (tertiary/aromatic N) is 1. The van der Waals surface area contributed by atoms with Crippen LogP contribution in [0, 0.1) is 0 Å². The first-order valence-corrected chi connectivity index (χ1v) is 7.05. The summed E-state index contributed by atoms with van der Waals surface area (Å²) in [4.78, 5) is 16.7. The molecular formula is C15H16ClN2O2+. The molecule has 1 saturated heterocycles. The number of carbonyl (C=O) groups excluding carboxylic acids is 1. The first-order chi connectivity index (χ1) is 9.74. The summed E-state index contributed by atoms with van der Waals surface area (Å²) in [5.74, 6) is 0.769. The minimum Gasteiger partial charge on any atom is -0.497 e. The van der Waals surface area contributed by atoms with Gasteiger partial charge in [-0.2, -0.15) is 4.98 Å². The lowest BCUT2D eigenvalue weighted by molar-refractivity contribution is -0.342. The van der Waals surface area contributed by atoms with Crippen LogP contribution in [0.5, 0.6) is 5.75 Å². The highest BCUT2D eigenvalue weighted by Gasteiger charge is 2.25. The standard InChI is InChI=1S/C15H15ClN2O2/c1-20-10-4-5-13-11(8-10)14(18-6-2-3-7-18)12(9-19)15(16)17-13/h4-5,8-9H,2-3,6-7H2,1H3/p+1. The first-order valence-electron chi connectivity index (χ1n) is 6.67. The molecule has 5 heteroatoms. The molecule has 0 radical (unpaired) electrons. The highest BCUT2D eigenvalue weighted by atomic mass is 35.5. The SMILES string of the molecule is COc1ccc2[nH+]c(Cl)c(C=O)c(N3CCCC3)c2c1. The van der Waals surface area contributed by atoms with Gasteiger partial charge in [-0.25, -0.2) is 0 Å². The van der Waals surface area contributed by atoms with E-state index in [0.717, 1.165) is 54.6 Å². The Morgan fingerprint density at radius 3 is 2.75 bits per heavy atom. The lowest BCUT2D eigenvalue weighted by atomic mass is 10.1. The number of pyridine rings is 1. The molecule has 1 N–H and O–H groups in total. The van der Waals surface area contributed by atoms with Gasteiger partial charge < -0.3 is 9.64 Å². The first kappa shape index (κ1) is 13.2. The normalized spacial score (nSPS) is 14.8. The number of aromatic nitrogens is 1. The topological polar surface area (TPSA) is 43.7 Å². The van der Waals surface area contributed by atoms with Crippen molar-refractivity contribution in [1.29, 1.82) is 0 Å². The van der Waals surface area contributed by atoms with Crippen LogP contribution in [0.2, 0.25) is 5.15 Å². The van der Waals surface area contributed by atoms with Crippen LogP contribution in [0.4, 0.5) is 5.69 Å². The van der Waals surface area contributed by atoms with Gasteiger partial charge in [0.1, 0.15) is 11.3 Å². The number of hydrogen-bond acceptors (Lipinski definition) is 3. The van der Waals surface area contributed by atoms with Crippen LogP contribution >= 0.6 is 11.6 Å². The summed E-state index contributed by atoms with van der Waals surface area (Å²) in [6, 6.07) is 5.75. The molecule has 20 heavy (non-hydrogen) atoms. The van der Waals surface area contributed by atoms with Crippen LogP contribution in [-0.2, 0) is 0 Å². The molecule has 1 aliphatic rings. The number of hydrogen-bond donors (Lipinski definition) is 0. The lowest BCUT2D eigenvalue weighted by Crippen LogP contribution is -2.22. The Labute approximate surface area is 122 Å². The van der Waals surface area contributed by atoms with Crippen molar-refractivity contribution >= 4 is 34.5 Å². The predicted molar refractivity (Wildman–Crippen MR) is 78.9 cm³/mol. The maximum Gasteiger partial charge on any atom is 0.286 e. The zero-order chi connectivity index (χ0) is 14.1. The molecule has 2 aromatic rings. The van der Waals surface area contributed by atoms with Crippen LogP contribution in [0.1, 0.15) is 23.2 Å². The van der Waals surface area contributed by atoms with Gasteiger partial charge in [-0.05, 0) is 36.6 Å². The van der Waals surface area contributed by atoms with E-state index in [9.17, 15) is 4.79 Å². The second kappa shape index (κ2) is 5.29. The lowest BCUT2D eigenvalue weighted by Gasteiger charge is -2.20. The van der Waals surface area contributed by atoms with Crippen LogP contribution in [0.3, 0.4) is 0 Å². The highest BCUT2D eigenvalue weighted by Crippen LogP contribution is 2.34. The van der Waals surface area contributed by atoms with Crippen LogP contribution in [-0.4, -0.2) is 26.5 Å². The van der Waals surface area contributed by atoms with E-state index in [1.807, 2.05) is 18.2 Å². The number of H-pyrrole nitrogens is 1. The largest absolute Gasteiger partial charge is 0.497 e. The predicted octanol–water partition coefficient (Wildman–Crippen LogP) is 2.73. The fourth-order valence-electron chi connectivity index (χ4n) is 2.78. The molecule has 0 bridgehead atoms. The Hall–Kier alpha value is -1.81. The zero-order valence-electron chi connectivity index (χ0n) is 11.3. The molecule has 0 saturated carbocycles. The molecule has 4 nitrogen and oxygen atoms in total. The van der Waals surface area contributed by atoms with Gasteiger partial charge in [-0.15, -0.1) is 0 Å². The number of rotatable bonds is 3. The van der Waals surface area contributed by atoms with E-state index in [4.69, 9.17) is 16.3 Å². The molecule has 0 unspecified atom stereocenters. The van der Waals surface area contributed by atoms with E-state index in [2.05, 4.69) is 9.88 Å². The number of nitrogens with one attached hydrogen (secondary N) is 1. The minimum absolute atomic E-state index is 0.388. The Morgan fingerprint density at radius 1 is 1.35 bits per heavy atom. The van der Waals surface area contributed by atoms with E-state index >= 15 is 0 Å². The Kier molecular flexibility index (Phi) is 3.49. The molecule has 1 aromatic carbocycles. The van der Waals surface area contributed by atoms with Crippen molar-refractivity contribution in [2.75, 3.05) is 25.1 Å². The molecule has 0 spiro atoms. The number of fused-ring (bicyclic) bond motifs is 1. The quantitative estimate of drug-likeness (QED) is 0.645. The average molecular weight is 292 g/mol. The maximum absolute atomic E-state index is 11.4. The van der Waals surface area contributed by atoms with Gasteiger partial charge in [-0.1, -0.05) is 0 Å². The number of carbonyl (C=O) groups is 1. The Balaban J connectivity index is 2.32. The van der Waals surface area contributed by atoms with Gasteiger partial charge in [0.2, 0.25) is 5.52 Å². The number of aldehydes is 1. The molecule has 3 rings (SSSR count). The smallest absolute Gasteiger partial charge is 0.286 e.